The molecule has 5 nitrogen and oxygen atoms in total. The lowest BCUT2D eigenvalue weighted by atomic mass is 9.95. The third kappa shape index (κ3) is 6.06. The third-order valence-electron chi connectivity index (χ3n) is 5.74. The van der Waals surface area contributed by atoms with Crippen LogP contribution in [0.15, 0.2) is 24.3 Å². The van der Waals surface area contributed by atoms with Gasteiger partial charge in [0.05, 0.1) is 5.92 Å². The largest absolute Gasteiger partial charge is 0.480 e. The summed E-state index contributed by atoms with van der Waals surface area (Å²) in [4.78, 5) is 27.0. The highest BCUT2D eigenvalue weighted by Crippen LogP contribution is 2.20. The lowest BCUT2D eigenvalue weighted by Crippen LogP contribution is -2.57. The highest BCUT2D eigenvalue weighted by atomic mass is 16.4. The van der Waals surface area contributed by atoms with Crippen molar-refractivity contribution >= 4 is 11.9 Å². The second-order valence-corrected chi connectivity index (χ2v) is 8.46. The van der Waals surface area contributed by atoms with Gasteiger partial charge >= 0.3 is 5.97 Å². The molecule has 2 N–H and O–H groups in total. The van der Waals surface area contributed by atoms with Crippen LogP contribution in [0, 0.1) is 5.92 Å². The normalized spacial score (nSPS) is 18.5. The fourth-order valence-corrected chi connectivity index (χ4v) is 4.12. The molecular weight excluding hydrogens is 352 g/mol. The molecule has 1 aliphatic heterocycles. The van der Waals surface area contributed by atoms with E-state index in [4.69, 9.17) is 0 Å². The lowest BCUT2D eigenvalue weighted by Gasteiger charge is -2.37. The average Bonchev–Trinajstić information content (AvgIpc) is 2.68. The van der Waals surface area contributed by atoms with E-state index >= 15 is 0 Å². The minimum Gasteiger partial charge on any atom is -0.480 e. The minimum absolute atomic E-state index is 0.164. The van der Waals surface area contributed by atoms with E-state index in [-0.39, 0.29) is 17.9 Å². The first-order chi connectivity index (χ1) is 13.3. The van der Waals surface area contributed by atoms with E-state index in [9.17, 15) is 14.7 Å². The van der Waals surface area contributed by atoms with Crippen LogP contribution in [0.4, 0.5) is 0 Å². The molecule has 3 atom stereocenters. The van der Waals surface area contributed by atoms with Crippen molar-refractivity contribution in [2.75, 3.05) is 13.1 Å². The molecule has 0 bridgehead atoms. The topological polar surface area (TPSA) is 69.6 Å². The predicted molar refractivity (Wildman–Crippen MR) is 112 cm³/mol. The second kappa shape index (κ2) is 10.6. The molecule has 5 heteroatoms. The first kappa shape index (κ1) is 22.4. The van der Waals surface area contributed by atoms with Crippen LogP contribution in [0.5, 0.6) is 0 Å². The van der Waals surface area contributed by atoms with Gasteiger partial charge < -0.3 is 10.4 Å². The molecule has 0 saturated carbocycles. The van der Waals surface area contributed by atoms with Gasteiger partial charge in [0.1, 0.15) is 6.04 Å². The summed E-state index contributed by atoms with van der Waals surface area (Å²) in [6.07, 6.45) is 5.10. The van der Waals surface area contributed by atoms with Crippen molar-refractivity contribution in [2.24, 2.45) is 5.92 Å². The Hall–Kier alpha value is -1.88. The van der Waals surface area contributed by atoms with Crippen LogP contribution >= 0.6 is 0 Å². The maximum Gasteiger partial charge on any atom is 0.327 e. The number of likely N-dealkylation sites (tertiary alicyclic amines) is 1. The fourth-order valence-electron chi connectivity index (χ4n) is 4.12. The van der Waals surface area contributed by atoms with Crippen LogP contribution in [0.3, 0.4) is 0 Å². The summed E-state index contributed by atoms with van der Waals surface area (Å²) in [6.45, 7) is 10.0. The molecule has 3 unspecified atom stereocenters. The molecule has 1 amide bonds. The molecule has 1 aliphatic rings. The number of hydrogen-bond donors (Lipinski definition) is 2. The molecule has 0 radical (unpaired) electrons. The van der Waals surface area contributed by atoms with Crippen molar-refractivity contribution in [3.63, 3.8) is 0 Å². The summed E-state index contributed by atoms with van der Waals surface area (Å²) in [6, 6.07) is 7.06. The van der Waals surface area contributed by atoms with E-state index in [0.29, 0.717) is 12.3 Å². The van der Waals surface area contributed by atoms with Crippen molar-refractivity contribution in [3.8, 4) is 0 Å². The molecule has 1 aromatic rings. The Labute approximate surface area is 169 Å². The first-order valence-electron chi connectivity index (χ1n) is 10.7. The van der Waals surface area contributed by atoms with Gasteiger partial charge in [0.15, 0.2) is 0 Å². The van der Waals surface area contributed by atoms with Crippen molar-refractivity contribution in [2.45, 2.75) is 77.8 Å². The zero-order chi connectivity index (χ0) is 20.7. The van der Waals surface area contributed by atoms with Crippen molar-refractivity contribution in [1.29, 1.82) is 0 Å². The molecule has 1 saturated heterocycles. The predicted octanol–water partition coefficient (Wildman–Crippen LogP) is 3.82. The van der Waals surface area contributed by atoms with Gasteiger partial charge in [-0.05, 0) is 62.7 Å². The number of amides is 1. The van der Waals surface area contributed by atoms with Crippen LogP contribution in [-0.2, 0) is 16.0 Å². The number of carbonyl (C=O) groups excluding carboxylic acids is 1. The molecule has 2 rings (SSSR count). The Bertz CT molecular complexity index is 636. The highest BCUT2D eigenvalue weighted by Gasteiger charge is 2.34. The molecule has 0 aromatic heterocycles. The monoisotopic (exact) mass is 388 g/mol. The van der Waals surface area contributed by atoms with Gasteiger partial charge in [-0.1, -0.05) is 51.5 Å². The van der Waals surface area contributed by atoms with E-state index in [1.807, 2.05) is 26.0 Å². The maximum atomic E-state index is 12.8. The Kier molecular flexibility index (Phi) is 8.49. The van der Waals surface area contributed by atoms with Crippen LogP contribution in [0.25, 0.3) is 0 Å². The molecular formula is C23H36N2O3. The molecule has 0 spiro atoms. The van der Waals surface area contributed by atoms with Gasteiger partial charge in [-0.3, -0.25) is 9.69 Å². The SMILES string of the molecule is CCC(C(NC(=O)C(C)c1ccc(CC(C)C)cc1)C(=O)O)N1CCCCC1. The number of piperidine rings is 1. The van der Waals surface area contributed by atoms with Crippen LogP contribution < -0.4 is 5.32 Å². The highest BCUT2D eigenvalue weighted by molar-refractivity contribution is 5.88. The third-order valence-corrected chi connectivity index (χ3v) is 5.74. The van der Waals surface area contributed by atoms with E-state index in [1.54, 1.807) is 0 Å². The summed E-state index contributed by atoms with van der Waals surface area (Å²) in [5, 5.41) is 12.6. The summed E-state index contributed by atoms with van der Waals surface area (Å²) >= 11 is 0. The number of hydrogen-bond acceptors (Lipinski definition) is 3. The summed E-state index contributed by atoms with van der Waals surface area (Å²) < 4.78 is 0. The summed E-state index contributed by atoms with van der Waals surface area (Å²) in [5.41, 5.74) is 2.17. The van der Waals surface area contributed by atoms with Gasteiger partial charge in [0.2, 0.25) is 5.91 Å². The van der Waals surface area contributed by atoms with Gasteiger partial charge in [-0.25, -0.2) is 4.79 Å². The van der Waals surface area contributed by atoms with E-state index in [0.717, 1.165) is 37.9 Å². The quantitative estimate of drug-likeness (QED) is 0.675. The van der Waals surface area contributed by atoms with Crippen molar-refractivity contribution < 1.29 is 14.7 Å². The van der Waals surface area contributed by atoms with Gasteiger partial charge in [-0.2, -0.15) is 0 Å². The van der Waals surface area contributed by atoms with E-state index in [2.05, 4.69) is 36.2 Å². The number of benzene rings is 1. The molecule has 1 heterocycles. The lowest BCUT2D eigenvalue weighted by molar-refractivity contribution is -0.144. The van der Waals surface area contributed by atoms with Crippen molar-refractivity contribution in [3.05, 3.63) is 35.4 Å². The van der Waals surface area contributed by atoms with Crippen LogP contribution in [0.1, 0.15) is 70.4 Å². The maximum absolute atomic E-state index is 12.8. The molecule has 0 aliphatic carbocycles. The Balaban J connectivity index is 2.06. The standard InChI is InChI=1S/C23H36N2O3/c1-5-20(25-13-7-6-8-14-25)21(23(27)28)24-22(26)17(4)19-11-9-18(10-12-19)15-16(2)3/h9-12,16-17,20-21H,5-8,13-15H2,1-4H3,(H,24,26)(H,27,28). The summed E-state index contributed by atoms with van der Waals surface area (Å²) in [7, 11) is 0. The average molecular weight is 389 g/mol. The van der Waals surface area contributed by atoms with Crippen LogP contribution in [0.2, 0.25) is 0 Å². The number of aliphatic carboxylic acids is 1. The molecule has 1 aromatic carbocycles. The number of nitrogens with zero attached hydrogens (tertiary/aromatic N) is 1. The van der Waals surface area contributed by atoms with E-state index in [1.165, 1.54) is 12.0 Å². The number of nitrogens with one attached hydrogen (secondary N) is 1. The zero-order valence-electron chi connectivity index (χ0n) is 17.8. The Morgan fingerprint density at radius 3 is 2.18 bits per heavy atom. The summed E-state index contributed by atoms with van der Waals surface area (Å²) in [5.74, 6) is -0.970. The number of carboxylic acids is 1. The van der Waals surface area contributed by atoms with E-state index < -0.39 is 12.0 Å². The smallest absolute Gasteiger partial charge is 0.327 e. The first-order valence-corrected chi connectivity index (χ1v) is 10.7. The fraction of sp³-hybridized carbons (Fsp3) is 0.652. The Morgan fingerprint density at radius 2 is 1.68 bits per heavy atom. The second-order valence-electron chi connectivity index (χ2n) is 8.46. The van der Waals surface area contributed by atoms with Gasteiger partial charge in [-0.15, -0.1) is 0 Å². The molecule has 28 heavy (non-hydrogen) atoms. The number of rotatable bonds is 9. The number of carbonyl (C=O) groups is 2. The minimum atomic E-state index is -0.953. The molecule has 1 fully saturated rings. The Morgan fingerprint density at radius 1 is 1.07 bits per heavy atom. The number of carboxylic acid groups (broad SMARTS) is 1. The van der Waals surface area contributed by atoms with Crippen LogP contribution in [-0.4, -0.2) is 47.1 Å². The zero-order valence-corrected chi connectivity index (χ0v) is 17.8. The van der Waals surface area contributed by atoms with Gasteiger partial charge in [0, 0.05) is 6.04 Å². The van der Waals surface area contributed by atoms with Crippen molar-refractivity contribution in [1.82, 2.24) is 10.2 Å². The molecule has 156 valence electrons. The van der Waals surface area contributed by atoms with Gasteiger partial charge in [0.25, 0.3) is 0 Å².